The molecular formula is C61H104O5. The van der Waals surface area contributed by atoms with Gasteiger partial charge < -0.3 is 14.2 Å². The van der Waals surface area contributed by atoms with Crippen LogP contribution in [0.4, 0.5) is 0 Å². The van der Waals surface area contributed by atoms with Crippen molar-refractivity contribution in [1.82, 2.24) is 0 Å². The van der Waals surface area contributed by atoms with E-state index in [0.29, 0.717) is 19.4 Å². The maximum atomic E-state index is 12.8. The van der Waals surface area contributed by atoms with Crippen LogP contribution in [0.5, 0.6) is 0 Å². The molecule has 0 bridgehead atoms. The highest BCUT2D eigenvalue weighted by atomic mass is 16.6. The molecule has 1 atom stereocenters. The van der Waals surface area contributed by atoms with Crippen molar-refractivity contribution in [3.8, 4) is 0 Å². The molecule has 0 heterocycles. The lowest BCUT2D eigenvalue weighted by Gasteiger charge is -2.18. The van der Waals surface area contributed by atoms with E-state index in [9.17, 15) is 9.59 Å². The van der Waals surface area contributed by atoms with Crippen molar-refractivity contribution in [3.05, 3.63) is 97.2 Å². The average Bonchev–Trinajstić information content (AvgIpc) is 3.32. The van der Waals surface area contributed by atoms with E-state index in [2.05, 4.69) is 118 Å². The molecule has 0 radical (unpaired) electrons. The summed E-state index contributed by atoms with van der Waals surface area (Å²) in [6.45, 7) is 7.63. The standard InChI is InChI=1S/C61H104O5/c1-4-7-10-13-16-19-22-25-28-30-31-32-34-36-39-42-45-48-51-54-60(62)65-58-59(57-64-56-53-50-47-44-41-38-35-29-26-23-20-17-14-11-8-5-2)66-61(63)55-52-49-46-43-40-37-33-27-24-21-18-15-12-9-6-3/h7,10,16,18-19,21,25,27-28,31-33,36,39-40,43,59H,4-6,8-9,11-15,17,20,22-24,26,29-30,34-35,37-38,41-42,44-58H2,1-3H3/b10-7-,19-16-,21-18-,28-25-,32-31-,33-27-,39-36-,43-40-/t59-/m1/s1. The lowest BCUT2D eigenvalue weighted by atomic mass is 10.0. The van der Waals surface area contributed by atoms with E-state index < -0.39 is 6.10 Å². The third-order valence-corrected chi connectivity index (χ3v) is 11.6. The Kier molecular flexibility index (Phi) is 53.4. The van der Waals surface area contributed by atoms with E-state index in [1.165, 1.54) is 116 Å². The highest BCUT2D eigenvalue weighted by Crippen LogP contribution is 2.15. The predicted molar refractivity (Wildman–Crippen MR) is 288 cm³/mol. The number of esters is 2. The van der Waals surface area contributed by atoms with Crippen molar-refractivity contribution in [3.63, 3.8) is 0 Å². The molecule has 0 aromatic heterocycles. The topological polar surface area (TPSA) is 61.8 Å². The van der Waals surface area contributed by atoms with E-state index in [1.807, 2.05) is 0 Å². The average molecular weight is 917 g/mol. The predicted octanol–water partition coefficient (Wildman–Crippen LogP) is 19.0. The first-order chi connectivity index (χ1) is 32.6. The fourth-order valence-corrected chi connectivity index (χ4v) is 7.48. The third-order valence-electron chi connectivity index (χ3n) is 11.6. The number of unbranched alkanes of at least 4 members (excludes halogenated alkanes) is 23. The zero-order chi connectivity index (χ0) is 47.7. The molecule has 378 valence electrons. The summed E-state index contributed by atoms with van der Waals surface area (Å²) in [5.41, 5.74) is 0. The largest absolute Gasteiger partial charge is 0.462 e. The summed E-state index contributed by atoms with van der Waals surface area (Å²) in [6.07, 6.45) is 75.7. The Morgan fingerprint density at radius 3 is 1.14 bits per heavy atom. The Bertz CT molecular complexity index is 1270. The zero-order valence-electron chi connectivity index (χ0n) is 43.4. The van der Waals surface area contributed by atoms with Gasteiger partial charge in [0.25, 0.3) is 0 Å². The van der Waals surface area contributed by atoms with Gasteiger partial charge in [-0.05, 0) is 103 Å². The number of ether oxygens (including phenoxy) is 3. The summed E-state index contributed by atoms with van der Waals surface area (Å²) in [4.78, 5) is 25.5. The van der Waals surface area contributed by atoms with Gasteiger partial charge in [-0.2, -0.15) is 0 Å². The van der Waals surface area contributed by atoms with Crippen LogP contribution in [0.15, 0.2) is 97.2 Å². The van der Waals surface area contributed by atoms with Gasteiger partial charge in [-0.1, -0.05) is 234 Å². The maximum absolute atomic E-state index is 12.8. The van der Waals surface area contributed by atoms with Crippen LogP contribution >= 0.6 is 0 Å². The summed E-state index contributed by atoms with van der Waals surface area (Å²) < 4.78 is 17.4. The SMILES string of the molecule is CC/C=C\C/C=C\C/C=C\C/C=C\C/C=C\CCCCCC(=O)OC[C@@H](COCCCCCCCCCCCCCCCCCC)OC(=O)CCCC/C=C\C/C=C\C/C=C\CCCCC. The van der Waals surface area contributed by atoms with Gasteiger partial charge in [0.15, 0.2) is 6.10 Å². The highest BCUT2D eigenvalue weighted by molar-refractivity contribution is 5.70. The first-order valence-corrected chi connectivity index (χ1v) is 27.8. The third kappa shape index (κ3) is 53.4. The van der Waals surface area contributed by atoms with Crippen LogP contribution in [0.25, 0.3) is 0 Å². The van der Waals surface area contributed by atoms with Gasteiger partial charge in [-0.3, -0.25) is 9.59 Å². The van der Waals surface area contributed by atoms with E-state index in [-0.39, 0.29) is 25.2 Å². The smallest absolute Gasteiger partial charge is 0.306 e. The second kappa shape index (κ2) is 56.1. The molecule has 0 saturated carbocycles. The van der Waals surface area contributed by atoms with Gasteiger partial charge in [-0.15, -0.1) is 0 Å². The summed E-state index contributed by atoms with van der Waals surface area (Å²) in [7, 11) is 0. The molecule has 0 rings (SSSR count). The Labute approximate surface area is 409 Å². The van der Waals surface area contributed by atoms with Crippen LogP contribution in [0.3, 0.4) is 0 Å². The van der Waals surface area contributed by atoms with Crippen molar-refractivity contribution in [2.45, 2.75) is 258 Å². The first-order valence-electron chi connectivity index (χ1n) is 27.8. The molecule has 0 aliphatic rings. The van der Waals surface area contributed by atoms with Gasteiger partial charge in [0, 0.05) is 19.4 Å². The molecule has 5 nitrogen and oxygen atoms in total. The number of carbonyl (C=O) groups is 2. The Hall–Kier alpha value is -3.18. The quantitative estimate of drug-likeness (QED) is 0.0346. The van der Waals surface area contributed by atoms with Crippen LogP contribution in [-0.2, 0) is 23.8 Å². The van der Waals surface area contributed by atoms with Crippen molar-refractivity contribution in [1.29, 1.82) is 0 Å². The summed E-state index contributed by atoms with van der Waals surface area (Å²) in [5.74, 6) is -0.476. The number of allylic oxidation sites excluding steroid dienone is 16. The molecule has 0 saturated heterocycles. The van der Waals surface area contributed by atoms with Gasteiger partial charge in [-0.25, -0.2) is 0 Å². The van der Waals surface area contributed by atoms with E-state index in [4.69, 9.17) is 14.2 Å². The van der Waals surface area contributed by atoms with Crippen molar-refractivity contribution in [2.75, 3.05) is 19.8 Å². The van der Waals surface area contributed by atoms with Gasteiger partial charge in [0.2, 0.25) is 0 Å². The van der Waals surface area contributed by atoms with Gasteiger partial charge in [0.05, 0.1) is 6.61 Å². The molecule has 0 spiro atoms. The minimum absolute atomic E-state index is 0.0501. The van der Waals surface area contributed by atoms with Crippen LogP contribution in [-0.4, -0.2) is 37.9 Å². The minimum atomic E-state index is -0.573. The summed E-state index contributed by atoms with van der Waals surface area (Å²) in [5, 5.41) is 0. The Morgan fingerprint density at radius 1 is 0.348 bits per heavy atom. The normalized spacial score (nSPS) is 13.0. The molecule has 0 aliphatic carbocycles. The molecule has 0 aliphatic heterocycles. The van der Waals surface area contributed by atoms with Gasteiger partial charge in [0.1, 0.15) is 6.61 Å². The molecule has 0 aromatic rings. The number of hydrogen-bond donors (Lipinski definition) is 0. The van der Waals surface area contributed by atoms with E-state index in [0.717, 1.165) is 103 Å². The lowest BCUT2D eigenvalue weighted by Crippen LogP contribution is -2.30. The highest BCUT2D eigenvalue weighted by Gasteiger charge is 2.17. The Balaban J connectivity index is 4.39. The van der Waals surface area contributed by atoms with Gasteiger partial charge >= 0.3 is 11.9 Å². The van der Waals surface area contributed by atoms with Crippen molar-refractivity contribution >= 4 is 11.9 Å². The number of carbonyl (C=O) groups excluding carboxylic acids is 2. The second-order valence-corrected chi connectivity index (χ2v) is 18.1. The van der Waals surface area contributed by atoms with E-state index in [1.54, 1.807) is 0 Å². The molecular weight excluding hydrogens is 813 g/mol. The lowest BCUT2D eigenvalue weighted by molar-refractivity contribution is -0.163. The van der Waals surface area contributed by atoms with Crippen molar-refractivity contribution < 1.29 is 23.8 Å². The van der Waals surface area contributed by atoms with Crippen LogP contribution < -0.4 is 0 Å². The second-order valence-electron chi connectivity index (χ2n) is 18.1. The molecule has 66 heavy (non-hydrogen) atoms. The monoisotopic (exact) mass is 917 g/mol. The first kappa shape index (κ1) is 62.8. The molecule has 0 unspecified atom stereocenters. The zero-order valence-corrected chi connectivity index (χ0v) is 43.4. The molecule has 0 fully saturated rings. The maximum Gasteiger partial charge on any atom is 0.306 e. The molecule has 0 N–H and O–H groups in total. The molecule has 5 heteroatoms. The Morgan fingerprint density at radius 2 is 0.682 bits per heavy atom. The molecule has 0 aromatic carbocycles. The van der Waals surface area contributed by atoms with Crippen molar-refractivity contribution in [2.24, 2.45) is 0 Å². The number of hydrogen-bond acceptors (Lipinski definition) is 5. The number of rotatable bonds is 50. The van der Waals surface area contributed by atoms with Crippen LogP contribution in [0.2, 0.25) is 0 Å². The van der Waals surface area contributed by atoms with Crippen LogP contribution in [0, 0.1) is 0 Å². The van der Waals surface area contributed by atoms with Crippen LogP contribution in [0.1, 0.15) is 252 Å². The minimum Gasteiger partial charge on any atom is -0.462 e. The fraction of sp³-hybridized carbons (Fsp3) is 0.705. The summed E-state index contributed by atoms with van der Waals surface area (Å²) in [6, 6.07) is 0. The molecule has 0 amide bonds. The van der Waals surface area contributed by atoms with E-state index >= 15 is 0 Å². The fourth-order valence-electron chi connectivity index (χ4n) is 7.48. The summed E-state index contributed by atoms with van der Waals surface area (Å²) >= 11 is 0.